The van der Waals surface area contributed by atoms with E-state index in [1.807, 2.05) is 0 Å². The number of carboxylic acids is 1. The molecule has 1 aromatic carbocycles. The van der Waals surface area contributed by atoms with E-state index < -0.39 is 10.9 Å². The first kappa shape index (κ1) is 13.7. The molecule has 1 N–H and O–H groups in total. The van der Waals surface area contributed by atoms with Gasteiger partial charge in [0.2, 0.25) is 0 Å². The average molecular weight is 250 g/mol. The first-order valence-electron chi connectivity index (χ1n) is 5.20. The lowest BCUT2D eigenvalue weighted by Gasteiger charge is -2.19. The number of nitro benzene ring substituents is 1. The van der Waals surface area contributed by atoms with E-state index in [1.54, 1.807) is 18.9 Å². The van der Waals surface area contributed by atoms with E-state index in [0.717, 1.165) is 5.57 Å². The van der Waals surface area contributed by atoms with Gasteiger partial charge in [0.15, 0.2) is 0 Å². The Morgan fingerprint density at radius 2 is 2.17 bits per heavy atom. The van der Waals surface area contributed by atoms with Crippen molar-refractivity contribution in [1.82, 2.24) is 0 Å². The molecule has 0 saturated heterocycles. The summed E-state index contributed by atoms with van der Waals surface area (Å²) < 4.78 is 0. The second-order valence-electron chi connectivity index (χ2n) is 4.08. The van der Waals surface area contributed by atoms with Crippen LogP contribution in [0.2, 0.25) is 0 Å². The number of aromatic carboxylic acids is 1. The molecule has 0 saturated carbocycles. The van der Waals surface area contributed by atoms with Crippen LogP contribution in [0.3, 0.4) is 0 Å². The van der Waals surface area contributed by atoms with Gasteiger partial charge in [-0.15, -0.1) is 0 Å². The molecule has 0 atom stereocenters. The Morgan fingerprint density at radius 3 is 2.61 bits per heavy atom. The summed E-state index contributed by atoms with van der Waals surface area (Å²) in [7, 11) is 1.66. The minimum Gasteiger partial charge on any atom is -0.478 e. The summed E-state index contributed by atoms with van der Waals surface area (Å²) in [5.74, 6) is -1.12. The fourth-order valence-electron chi connectivity index (χ4n) is 1.61. The number of benzene rings is 1. The Morgan fingerprint density at radius 1 is 1.56 bits per heavy atom. The average Bonchev–Trinajstić information content (AvgIpc) is 2.26. The molecule has 6 nitrogen and oxygen atoms in total. The third kappa shape index (κ3) is 3.07. The molecule has 0 aliphatic rings. The Bertz CT molecular complexity index is 511. The van der Waals surface area contributed by atoms with Crippen LogP contribution < -0.4 is 4.90 Å². The van der Waals surface area contributed by atoms with E-state index in [1.165, 1.54) is 18.2 Å². The summed E-state index contributed by atoms with van der Waals surface area (Å²) in [6.07, 6.45) is 0. The minimum atomic E-state index is -1.12. The van der Waals surface area contributed by atoms with Crippen molar-refractivity contribution in [2.75, 3.05) is 18.5 Å². The lowest BCUT2D eigenvalue weighted by Crippen LogP contribution is -2.20. The van der Waals surface area contributed by atoms with Gasteiger partial charge in [0.05, 0.1) is 10.5 Å². The molecule has 0 radical (unpaired) electrons. The Labute approximate surface area is 104 Å². The standard InChI is InChI=1S/C12H14N2O4/c1-8(2)7-13(3)11-6-9(12(15)16)4-5-10(11)14(17)18/h4-6H,1,7H2,2-3H3,(H,15,16). The number of rotatable bonds is 5. The fraction of sp³-hybridized carbons (Fsp3) is 0.250. The van der Waals surface area contributed by atoms with E-state index in [-0.39, 0.29) is 16.9 Å². The number of nitrogens with zero attached hydrogens (tertiary/aromatic N) is 2. The lowest BCUT2D eigenvalue weighted by molar-refractivity contribution is -0.384. The quantitative estimate of drug-likeness (QED) is 0.492. The molecule has 0 spiro atoms. The number of anilines is 1. The van der Waals surface area contributed by atoms with Crippen LogP contribution in [0.1, 0.15) is 17.3 Å². The lowest BCUT2D eigenvalue weighted by atomic mass is 10.1. The third-order valence-electron chi connectivity index (χ3n) is 2.34. The zero-order valence-electron chi connectivity index (χ0n) is 10.2. The molecule has 0 unspecified atom stereocenters. The number of carboxylic acid groups (broad SMARTS) is 1. The molecular weight excluding hydrogens is 236 g/mol. The highest BCUT2D eigenvalue weighted by Crippen LogP contribution is 2.28. The Kier molecular flexibility index (Phi) is 4.04. The first-order valence-corrected chi connectivity index (χ1v) is 5.20. The van der Waals surface area contributed by atoms with Crippen molar-refractivity contribution in [2.45, 2.75) is 6.92 Å². The van der Waals surface area contributed by atoms with E-state index in [2.05, 4.69) is 6.58 Å². The summed E-state index contributed by atoms with van der Waals surface area (Å²) >= 11 is 0. The van der Waals surface area contributed by atoms with Crippen LogP contribution in [-0.2, 0) is 0 Å². The second kappa shape index (κ2) is 5.31. The van der Waals surface area contributed by atoms with Gasteiger partial charge in [0, 0.05) is 19.7 Å². The van der Waals surface area contributed by atoms with E-state index in [9.17, 15) is 14.9 Å². The van der Waals surface area contributed by atoms with Crippen LogP contribution in [0.5, 0.6) is 0 Å². The highest BCUT2D eigenvalue weighted by molar-refractivity contribution is 5.90. The number of hydrogen-bond donors (Lipinski definition) is 1. The van der Waals surface area contributed by atoms with Gasteiger partial charge in [-0.25, -0.2) is 4.79 Å². The number of hydrogen-bond acceptors (Lipinski definition) is 4. The normalized spacial score (nSPS) is 9.89. The number of nitro groups is 1. The van der Waals surface area contributed by atoms with Crippen LogP contribution in [0.4, 0.5) is 11.4 Å². The number of likely N-dealkylation sites (N-methyl/N-ethyl adjacent to an activating group) is 1. The van der Waals surface area contributed by atoms with Gasteiger partial charge < -0.3 is 10.0 Å². The van der Waals surface area contributed by atoms with Crippen molar-refractivity contribution in [3.8, 4) is 0 Å². The molecule has 0 aliphatic heterocycles. The van der Waals surface area contributed by atoms with Crippen LogP contribution in [0.25, 0.3) is 0 Å². The van der Waals surface area contributed by atoms with Crippen molar-refractivity contribution in [3.05, 3.63) is 46.0 Å². The van der Waals surface area contributed by atoms with Crippen molar-refractivity contribution in [3.63, 3.8) is 0 Å². The highest BCUT2D eigenvalue weighted by Gasteiger charge is 2.19. The molecule has 0 bridgehead atoms. The molecule has 0 heterocycles. The van der Waals surface area contributed by atoms with Crippen molar-refractivity contribution in [2.24, 2.45) is 0 Å². The van der Waals surface area contributed by atoms with Gasteiger partial charge in [-0.3, -0.25) is 10.1 Å². The Balaban J connectivity index is 3.26. The summed E-state index contributed by atoms with van der Waals surface area (Å²) in [6, 6.07) is 3.72. The van der Waals surface area contributed by atoms with Gasteiger partial charge in [0.25, 0.3) is 5.69 Å². The van der Waals surface area contributed by atoms with Crippen molar-refractivity contribution in [1.29, 1.82) is 0 Å². The first-order chi connectivity index (χ1) is 8.32. The summed E-state index contributed by atoms with van der Waals surface area (Å²) in [4.78, 5) is 22.8. The molecule has 1 rings (SSSR count). The molecule has 0 amide bonds. The van der Waals surface area contributed by atoms with Crippen LogP contribution in [-0.4, -0.2) is 29.6 Å². The zero-order chi connectivity index (χ0) is 13.9. The van der Waals surface area contributed by atoms with Gasteiger partial charge in [-0.1, -0.05) is 12.2 Å². The monoisotopic (exact) mass is 250 g/mol. The van der Waals surface area contributed by atoms with Crippen molar-refractivity contribution >= 4 is 17.3 Å². The topological polar surface area (TPSA) is 83.7 Å². The van der Waals surface area contributed by atoms with E-state index in [4.69, 9.17) is 5.11 Å². The molecule has 0 fully saturated rings. The SMILES string of the molecule is C=C(C)CN(C)c1cc(C(=O)O)ccc1[N+](=O)[O-]. The maximum atomic E-state index is 10.9. The molecule has 0 aliphatic carbocycles. The van der Waals surface area contributed by atoms with Gasteiger partial charge in [0.1, 0.15) is 5.69 Å². The van der Waals surface area contributed by atoms with Gasteiger partial charge in [-0.05, 0) is 19.1 Å². The van der Waals surface area contributed by atoms with Crippen LogP contribution in [0, 0.1) is 10.1 Å². The highest BCUT2D eigenvalue weighted by atomic mass is 16.6. The summed E-state index contributed by atoms with van der Waals surface area (Å²) in [5, 5.41) is 19.8. The smallest absolute Gasteiger partial charge is 0.335 e. The minimum absolute atomic E-state index is 0.0177. The van der Waals surface area contributed by atoms with Crippen molar-refractivity contribution < 1.29 is 14.8 Å². The second-order valence-corrected chi connectivity index (χ2v) is 4.08. The zero-order valence-corrected chi connectivity index (χ0v) is 10.2. The largest absolute Gasteiger partial charge is 0.478 e. The third-order valence-corrected chi connectivity index (χ3v) is 2.34. The number of carbonyl (C=O) groups is 1. The molecule has 6 heteroatoms. The molecule has 18 heavy (non-hydrogen) atoms. The van der Waals surface area contributed by atoms with Crippen LogP contribution in [0.15, 0.2) is 30.4 Å². The van der Waals surface area contributed by atoms with Gasteiger partial charge >= 0.3 is 5.97 Å². The summed E-state index contributed by atoms with van der Waals surface area (Å²) in [6.45, 7) is 5.94. The molecular formula is C12H14N2O4. The maximum Gasteiger partial charge on any atom is 0.335 e. The van der Waals surface area contributed by atoms with Crippen LogP contribution >= 0.6 is 0 Å². The molecule has 96 valence electrons. The summed E-state index contributed by atoms with van der Waals surface area (Å²) in [5.41, 5.74) is 0.989. The molecule has 1 aromatic rings. The molecule has 0 aromatic heterocycles. The van der Waals surface area contributed by atoms with E-state index >= 15 is 0 Å². The van der Waals surface area contributed by atoms with E-state index in [0.29, 0.717) is 6.54 Å². The fourth-order valence-corrected chi connectivity index (χ4v) is 1.61. The predicted molar refractivity (Wildman–Crippen MR) is 68.1 cm³/mol. The van der Waals surface area contributed by atoms with Gasteiger partial charge in [-0.2, -0.15) is 0 Å². The predicted octanol–water partition coefficient (Wildman–Crippen LogP) is 2.31. The maximum absolute atomic E-state index is 10.9. The Hall–Kier alpha value is -2.37.